The summed E-state index contributed by atoms with van der Waals surface area (Å²) in [5.74, 6) is -0.162. The zero-order valence-corrected chi connectivity index (χ0v) is 12.1. The Hall–Kier alpha value is -2.04. The van der Waals surface area contributed by atoms with E-state index in [-0.39, 0.29) is 30.0 Å². The molecule has 1 heterocycles. The second kappa shape index (κ2) is 5.39. The Bertz CT molecular complexity index is 536. The molecule has 1 atom stereocenters. The third-order valence-corrected chi connectivity index (χ3v) is 4.24. The van der Waals surface area contributed by atoms with Crippen LogP contribution in [-0.2, 0) is 20.9 Å². The van der Waals surface area contributed by atoms with Crippen molar-refractivity contribution in [3.05, 3.63) is 35.9 Å². The van der Waals surface area contributed by atoms with E-state index in [4.69, 9.17) is 9.47 Å². The van der Waals surface area contributed by atoms with Crippen LogP contribution in [0.15, 0.2) is 30.3 Å². The van der Waals surface area contributed by atoms with Crippen LogP contribution in [0.4, 0.5) is 4.79 Å². The summed E-state index contributed by atoms with van der Waals surface area (Å²) < 4.78 is 10.3. The first-order valence-corrected chi connectivity index (χ1v) is 7.27. The second-order valence-electron chi connectivity index (χ2n) is 5.77. The number of carbonyl (C=O) groups is 2. The fraction of sp³-hybridized carbons (Fsp3) is 0.500. The van der Waals surface area contributed by atoms with Gasteiger partial charge in [0.2, 0.25) is 0 Å². The Morgan fingerprint density at radius 3 is 2.62 bits per heavy atom. The van der Waals surface area contributed by atoms with Gasteiger partial charge >= 0.3 is 12.1 Å². The number of carbonyl (C=O) groups excluding carboxylic acids is 2. The minimum atomic E-state index is -0.306. The van der Waals surface area contributed by atoms with E-state index in [1.807, 2.05) is 30.3 Å². The molecule has 0 bridgehead atoms. The van der Waals surface area contributed by atoms with Gasteiger partial charge in [-0.3, -0.25) is 4.79 Å². The van der Waals surface area contributed by atoms with Crippen LogP contribution in [0, 0.1) is 11.3 Å². The highest BCUT2D eigenvalue weighted by Gasteiger charge is 2.66. The Labute approximate surface area is 123 Å². The van der Waals surface area contributed by atoms with Crippen molar-refractivity contribution in [3.8, 4) is 0 Å². The van der Waals surface area contributed by atoms with Crippen LogP contribution < -0.4 is 0 Å². The molecule has 1 aromatic carbocycles. The van der Waals surface area contributed by atoms with E-state index < -0.39 is 0 Å². The molecule has 0 unspecified atom stereocenters. The zero-order chi connectivity index (χ0) is 14.9. The van der Waals surface area contributed by atoms with Crippen LogP contribution >= 0.6 is 0 Å². The minimum absolute atomic E-state index is 0.0297. The van der Waals surface area contributed by atoms with E-state index >= 15 is 0 Å². The summed E-state index contributed by atoms with van der Waals surface area (Å²) in [6.07, 6.45) is 0.521. The number of benzene rings is 1. The number of hydrogen-bond acceptors (Lipinski definition) is 4. The predicted molar refractivity (Wildman–Crippen MR) is 75.4 cm³/mol. The van der Waals surface area contributed by atoms with Gasteiger partial charge in [-0.15, -0.1) is 0 Å². The molecule has 0 radical (unpaired) electrons. The third kappa shape index (κ3) is 2.73. The van der Waals surface area contributed by atoms with E-state index in [0.717, 1.165) is 12.0 Å². The lowest BCUT2D eigenvalue weighted by Crippen LogP contribution is -2.53. The maximum absolute atomic E-state index is 11.9. The Balaban J connectivity index is 1.43. The van der Waals surface area contributed by atoms with Gasteiger partial charge in [0.1, 0.15) is 6.61 Å². The molecule has 0 aromatic heterocycles. The van der Waals surface area contributed by atoms with E-state index in [0.29, 0.717) is 19.7 Å². The molecule has 1 amide bonds. The molecule has 1 saturated carbocycles. The van der Waals surface area contributed by atoms with Gasteiger partial charge < -0.3 is 14.4 Å². The first-order valence-electron chi connectivity index (χ1n) is 7.27. The van der Waals surface area contributed by atoms with Crippen LogP contribution in [0.25, 0.3) is 0 Å². The van der Waals surface area contributed by atoms with Crippen molar-refractivity contribution in [2.24, 2.45) is 11.3 Å². The first-order chi connectivity index (χ1) is 10.1. The van der Waals surface area contributed by atoms with Crippen LogP contribution in [0.2, 0.25) is 0 Å². The minimum Gasteiger partial charge on any atom is -0.466 e. The van der Waals surface area contributed by atoms with Gasteiger partial charge in [0.15, 0.2) is 0 Å². The molecule has 5 heteroatoms. The number of likely N-dealkylation sites (tertiary alicyclic amines) is 1. The van der Waals surface area contributed by atoms with Crippen molar-refractivity contribution in [2.75, 3.05) is 19.7 Å². The Morgan fingerprint density at radius 2 is 1.95 bits per heavy atom. The normalized spacial score (nSPS) is 21.6. The lowest BCUT2D eigenvalue weighted by molar-refractivity contribution is -0.146. The lowest BCUT2D eigenvalue weighted by Gasteiger charge is -2.39. The van der Waals surface area contributed by atoms with E-state index in [1.165, 1.54) is 0 Å². The summed E-state index contributed by atoms with van der Waals surface area (Å²) in [4.78, 5) is 25.2. The van der Waals surface area contributed by atoms with Gasteiger partial charge in [0.05, 0.1) is 12.5 Å². The maximum atomic E-state index is 11.9. The van der Waals surface area contributed by atoms with Crippen molar-refractivity contribution >= 4 is 12.1 Å². The van der Waals surface area contributed by atoms with Gasteiger partial charge in [-0.1, -0.05) is 30.3 Å². The van der Waals surface area contributed by atoms with Gasteiger partial charge in [-0.05, 0) is 18.9 Å². The molecule has 1 spiro atoms. The molecule has 2 fully saturated rings. The van der Waals surface area contributed by atoms with Gasteiger partial charge in [0.25, 0.3) is 0 Å². The molecule has 2 aliphatic rings. The van der Waals surface area contributed by atoms with E-state index in [2.05, 4.69) is 0 Å². The van der Waals surface area contributed by atoms with Crippen LogP contribution in [0.1, 0.15) is 18.9 Å². The summed E-state index contributed by atoms with van der Waals surface area (Å²) in [5.41, 5.74) is 0.940. The Morgan fingerprint density at radius 1 is 1.24 bits per heavy atom. The predicted octanol–water partition coefficient (Wildman–Crippen LogP) is 2.21. The van der Waals surface area contributed by atoms with Crippen LogP contribution in [0.5, 0.6) is 0 Å². The number of esters is 1. The van der Waals surface area contributed by atoms with Gasteiger partial charge in [-0.2, -0.15) is 0 Å². The molecule has 1 aromatic rings. The molecule has 5 nitrogen and oxygen atoms in total. The molecule has 0 N–H and O–H groups in total. The Kier molecular flexibility index (Phi) is 3.57. The zero-order valence-electron chi connectivity index (χ0n) is 12.1. The molecule has 1 saturated heterocycles. The number of nitrogens with zero attached hydrogens (tertiary/aromatic N) is 1. The quantitative estimate of drug-likeness (QED) is 0.797. The standard InChI is InChI=1S/C16H19NO4/c1-2-20-14(18)13-8-16(13)10-17(11-16)15(19)21-9-12-6-4-3-5-7-12/h3-7,13H,2,8-11H2,1H3/t13-/m0/s1. The van der Waals surface area contributed by atoms with Crippen LogP contribution in [0.3, 0.4) is 0 Å². The molecule has 21 heavy (non-hydrogen) atoms. The van der Waals surface area contributed by atoms with Gasteiger partial charge in [0, 0.05) is 18.5 Å². The van der Waals surface area contributed by atoms with Crippen molar-refractivity contribution in [1.82, 2.24) is 4.90 Å². The van der Waals surface area contributed by atoms with E-state index in [9.17, 15) is 9.59 Å². The van der Waals surface area contributed by atoms with Crippen molar-refractivity contribution in [3.63, 3.8) is 0 Å². The smallest absolute Gasteiger partial charge is 0.410 e. The summed E-state index contributed by atoms with van der Waals surface area (Å²) in [7, 11) is 0. The molecule has 3 rings (SSSR count). The third-order valence-electron chi connectivity index (χ3n) is 4.24. The number of amides is 1. The molecule has 1 aliphatic heterocycles. The topological polar surface area (TPSA) is 55.8 Å². The molecule has 112 valence electrons. The number of ether oxygens (including phenoxy) is 2. The summed E-state index contributed by atoms with van der Waals surface area (Å²) in [6, 6.07) is 9.59. The highest BCUT2D eigenvalue weighted by molar-refractivity contribution is 5.79. The number of rotatable bonds is 4. The average Bonchev–Trinajstić information content (AvgIpc) is 3.20. The second-order valence-corrected chi connectivity index (χ2v) is 5.77. The summed E-state index contributed by atoms with van der Waals surface area (Å²) >= 11 is 0. The fourth-order valence-electron chi connectivity index (χ4n) is 2.93. The van der Waals surface area contributed by atoms with Crippen molar-refractivity contribution in [1.29, 1.82) is 0 Å². The molecular formula is C16H19NO4. The largest absolute Gasteiger partial charge is 0.466 e. The maximum Gasteiger partial charge on any atom is 0.410 e. The highest BCUT2D eigenvalue weighted by Crippen LogP contribution is 2.59. The van der Waals surface area contributed by atoms with Crippen LogP contribution in [-0.4, -0.2) is 36.7 Å². The lowest BCUT2D eigenvalue weighted by atomic mass is 9.94. The van der Waals surface area contributed by atoms with Crippen molar-refractivity contribution < 1.29 is 19.1 Å². The summed E-state index contributed by atoms with van der Waals surface area (Å²) in [6.45, 7) is 3.70. The van der Waals surface area contributed by atoms with Crippen molar-refractivity contribution in [2.45, 2.75) is 20.0 Å². The molecular weight excluding hydrogens is 270 g/mol. The van der Waals surface area contributed by atoms with E-state index in [1.54, 1.807) is 11.8 Å². The van der Waals surface area contributed by atoms with Gasteiger partial charge in [-0.25, -0.2) is 4.79 Å². The number of hydrogen-bond donors (Lipinski definition) is 0. The molecule has 1 aliphatic carbocycles. The highest BCUT2D eigenvalue weighted by atomic mass is 16.6. The average molecular weight is 289 g/mol. The fourth-order valence-corrected chi connectivity index (χ4v) is 2.93. The summed E-state index contributed by atoms with van der Waals surface area (Å²) in [5, 5.41) is 0. The first kappa shape index (κ1) is 13.9. The SMILES string of the molecule is CCOC(=O)[C@@H]1CC12CN(C(=O)OCc1ccccc1)C2. The monoisotopic (exact) mass is 289 g/mol.